The standard InChI is InChI=1S/C15H23N3O2/c1-10(2)20-15-12(5-4-6-17-15)9-18-14(19)11(3)13-7-16-8-13/h4-6,10-11,13,16H,7-9H2,1-3H3,(H,18,19). The molecule has 5 heteroatoms. The lowest BCUT2D eigenvalue weighted by Gasteiger charge is -2.31. The Morgan fingerprint density at radius 3 is 2.85 bits per heavy atom. The highest BCUT2D eigenvalue weighted by Gasteiger charge is 2.28. The van der Waals surface area contributed by atoms with Crippen LogP contribution in [0, 0.1) is 11.8 Å². The topological polar surface area (TPSA) is 63.2 Å². The number of amides is 1. The zero-order valence-corrected chi connectivity index (χ0v) is 12.3. The van der Waals surface area contributed by atoms with Crippen molar-refractivity contribution in [3.63, 3.8) is 0 Å². The van der Waals surface area contributed by atoms with Crippen molar-refractivity contribution in [2.24, 2.45) is 11.8 Å². The van der Waals surface area contributed by atoms with Gasteiger partial charge in [0.05, 0.1) is 6.10 Å². The smallest absolute Gasteiger partial charge is 0.223 e. The molecule has 0 aromatic carbocycles. The Morgan fingerprint density at radius 2 is 2.25 bits per heavy atom. The molecule has 1 aliphatic heterocycles. The third kappa shape index (κ3) is 3.70. The molecule has 2 heterocycles. The Bertz CT molecular complexity index is 458. The van der Waals surface area contributed by atoms with E-state index in [4.69, 9.17) is 4.74 Å². The number of ether oxygens (including phenoxy) is 1. The molecule has 1 saturated heterocycles. The van der Waals surface area contributed by atoms with Crippen molar-refractivity contribution in [1.82, 2.24) is 15.6 Å². The van der Waals surface area contributed by atoms with E-state index in [9.17, 15) is 4.79 Å². The first kappa shape index (κ1) is 14.8. The fourth-order valence-corrected chi connectivity index (χ4v) is 2.11. The van der Waals surface area contributed by atoms with Crippen LogP contribution in [0.5, 0.6) is 5.88 Å². The lowest BCUT2D eigenvalue weighted by molar-refractivity contribution is -0.126. The van der Waals surface area contributed by atoms with Gasteiger partial charge in [0.15, 0.2) is 0 Å². The molecule has 1 aromatic rings. The number of aromatic nitrogens is 1. The highest BCUT2D eigenvalue weighted by molar-refractivity contribution is 5.78. The van der Waals surface area contributed by atoms with Crippen LogP contribution in [-0.4, -0.2) is 30.1 Å². The fraction of sp³-hybridized carbons (Fsp3) is 0.600. The molecule has 1 fully saturated rings. The molecule has 0 spiro atoms. The number of rotatable bonds is 6. The Morgan fingerprint density at radius 1 is 1.50 bits per heavy atom. The molecule has 1 aliphatic rings. The van der Waals surface area contributed by atoms with Crippen LogP contribution < -0.4 is 15.4 Å². The normalized spacial score (nSPS) is 16.6. The van der Waals surface area contributed by atoms with Crippen LogP contribution >= 0.6 is 0 Å². The maximum atomic E-state index is 12.1. The predicted molar refractivity (Wildman–Crippen MR) is 77.4 cm³/mol. The van der Waals surface area contributed by atoms with Crippen molar-refractivity contribution in [1.29, 1.82) is 0 Å². The fourth-order valence-electron chi connectivity index (χ4n) is 2.11. The van der Waals surface area contributed by atoms with Crippen molar-refractivity contribution in [3.05, 3.63) is 23.9 Å². The molecule has 1 unspecified atom stereocenters. The van der Waals surface area contributed by atoms with Gasteiger partial charge in [0, 0.05) is 24.2 Å². The molecular formula is C15H23N3O2. The molecule has 1 amide bonds. The Hall–Kier alpha value is -1.62. The van der Waals surface area contributed by atoms with E-state index in [0.29, 0.717) is 18.3 Å². The third-order valence-electron chi connectivity index (χ3n) is 3.58. The molecule has 1 aromatic heterocycles. The summed E-state index contributed by atoms with van der Waals surface area (Å²) < 4.78 is 5.65. The molecular weight excluding hydrogens is 254 g/mol. The number of hydrogen-bond acceptors (Lipinski definition) is 4. The molecule has 0 aliphatic carbocycles. The van der Waals surface area contributed by atoms with Gasteiger partial charge in [-0.3, -0.25) is 4.79 Å². The van der Waals surface area contributed by atoms with Crippen LogP contribution in [0.3, 0.4) is 0 Å². The summed E-state index contributed by atoms with van der Waals surface area (Å²) in [5, 5.41) is 6.17. The van der Waals surface area contributed by atoms with Crippen molar-refractivity contribution in [3.8, 4) is 5.88 Å². The highest BCUT2D eigenvalue weighted by atomic mass is 16.5. The maximum absolute atomic E-state index is 12.1. The zero-order valence-electron chi connectivity index (χ0n) is 12.3. The van der Waals surface area contributed by atoms with Crippen LogP contribution in [0.1, 0.15) is 26.3 Å². The third-order valence-corrected chi connectivity index (χ3v) is 3.58. The summed E-state index contributed by atoms with van der Waals surface area (Å²) in [7, 11) is 0. The number of carbonyl (C=O) groups is 1. The quantitative estimate of drug-likeness (QED) is 0.823. The van der Waals surface area contributed by atoms with E-state index in [0.717, 1.165) is 18.7 Å². The van der Waals surface area contributed by atoms with Gasteiger partial charge in [-0.05, 0) is 38.9 Å². The summed E-state index contributed by atoms with van der Waals surface area (Å²) in [6, 6.07) is 3.79. The van der Waals surface area contributed by atoms with Gasteiger partial charge in [-0.1, -0.05) is 13.0 Å². The van der Waals surface area contributed by atoms with Gasteiger partial charge in [0.1, 0.15) is 0 Å². The molecule has 0 bridgehead atoms. The van der Waals surface area contributed by atoms with Crippen molar-refractivity contribution in [2.75, 3.05) is 13.1 Å². The Balaban J connectivity index is 1.91. The second-order valence-corrected chi connectivity index (χ2v) is 5.56. The monoisotopic (exact) mass is 277 g/mol. The SMILES string of the molecule is CC(C)Oc1ncccc1CNC(=O)C(C)C1CNC1. The first-order chi connectivity index (χ1) is 9.58. The lowest BCUT2D eigenvalue weighted by Crippen LogP contribution is -2.49. The Kier molecular flexibility index (Phi) is 4.95. The maximum Gasteiger partial charge on any atom is 0.223 e. The average Bonchev–Trinajstić information content (AvgIpc) is 2.34. The van der Waals surface area contributed by atoms with Gasteiger partial charge >= 0.3 is 0 Å². The van der Waals surface area contributed by atoms with Gasteiger partial charge in [-0.25, -0.2) is 4.98 Å². The molecule has 2 rings (SSSR count). The molecule has 20 heavy (non-hydrogen) atoms. The van der Waals surface area contributed by atoms with Gasteiger partial charge in [-0.15, -0.1) is 0 Å². The van der Waals surface area contributed by atoms with Gasteiger partial charge in [0.25, 0.3) is 0 Å². The van der Waals surface area contributed by atoms with Gasteiger partial charge in [0.2, 0.25) is 11.8 Å². The largest absolute Gasteiger partial charge is 0.475 e. The van der Waals surface area contributed by atoms with E-state index in [1.807, 2.05) is 32.9 Å². The van der Waals surface area contributed by atoms with Crippen LogP contribution in [-0.2, 0) is 11.3 Å². The van der Waals surface area contributed by atoms with E-state index in [1.54, 1.807) is 6.20 Å². The lowest BCUT2D eigenvalue weighted by atomic mass is 9.88. The zero-order chi connectivity index (χ0) is 14.5. The molecule has 0 radical (unpaired) electrons. The van der Waals surface area contributed by atoms with E-state index in [2.05, 4.69) is 15.6 Å². The van der Waals surface area contributed by atoms with E-state index < -0.39 is 0 Å². The summed E-state index contributed by atoms with van der Waals surface area (Å²) in [5.41, 5.74) is 0.911. The second-order valence-electron chi connectivity index (χ2n) is 5.56. The second kappa shape index (κ2) is 6.70. The number of hydrogen-bond donors (Lipinski definition) is 2. The predicted octanol–water partition coefficient (Wildman–Crippen LogP) is 1.34. The molecule has 5 nitrogen and oxygen atoms in total. The molecule has 110 valence electrons. The molecule has 1 atom stereocenters. The minimum absolute atomic E-state index is 0.0439. The van der Waals surface area contributed by atoms with Crippen LogP contribution in [0.15, 0.2) is 18.3 Å². The molecule has 0 saturated carbocycles. The number of nitrogens with one attached hydrogen (secondary N) is 2. The minimum Gasteiger partial charge on any atom is -0.475 e. The van der Waals surface area contributed by atoms with Crippen LogP contribution in [0.25, 0.3) is 0 Å². The first-order valence-electron chi connectivity index (χ1n) is 7.17. The molecule has 2 N–H and O–H groups in total. The number of nitrogens with zero attached hydrogens (tertiary/aromatic N) is 1. The average molecular weight is 277 g/mol. The summed E-state index contributed by atoms with van der Waals surface area (Å²) in [4.78, 5) is 16.3. The summed E-state index contributed by atoms with van der Waals surface area (Å²) >= 11 is 0. The number of carbonyl (C=O) groups excluding carboxylic acids is 1. The van der Waals surface area contributed by atoms with Crippen LogP contribution in [0.4, 0.5) is 0 Å². The van der Waals surface area contributed by atoms with Gasteiger partial charge in [-0.2, -0.15) is 0 Å². The summed E-state index contributed by atoms with van der Waals surface area (Å²) in [6.45, 7) is 8.23. The Labute approximate surface area is 120 Å². The van der Waals surface area contributed by atoms with Crippen molar-refractivity contribution in [2.45, 2.75) is 33.4 Å². The summed E-state index contributed by atoms with van der Waals surface area (Å²) in [5.74, 6) is 1.19. The first-order valence-corrected chi connectivity index (χ1v) is 7.17. The minimum atomic E-state index is 0.0439. The van der Waals surface area contributed by atoms with E-state index in [-0.39, 0.29) is 17.9 Å². The number of pyridine rings is 1. The van der Waals surface area contributed by atoms with Gasteiger partial charge < -0.3 is 15.4 Å². The van der Waals surface area contributed by atoms with E-state index in [1.165, 1.54) is 0 Å². The van der Waals surface area contributed by atoms with Crippen molar-refractivity contribution >= 4 is 5.91 Å². The summed E-state index contributed by atoms with van der Waals surface area (Å²) in [6.07, 6.45) is 1.77. The van der Waals surface area contributed by atoms with Crippen LogP contribution in [0.2, 0.25) is 0 Å². The van der Waals surface area contributed by atoms with Crippen molar-refractivity contribution < 1.29 is 9.53 Å². The van der Waals surface area contributed by atoms with E-state index >= 15 is 0 Å². The highest BCUT2D eigenvalue weighted by Crippen LogP contribution is 2.18.